The summed E-state index contributed by atoms with van der Waals surface area (Å²) >= 11 is 10.1. The van der Waals surface area contributed by atoms with Crippen LogP contribution in [-0.2, 0) is 0 Å². The molecule has 102 valence electrons. The van der Waals surface area contributed by atoms with Crippen LogP contribution in [0.15, 0.2) is 23.7 Å². The minimum Gasteiger partial charge on any atom is -0.255 e. The van der Waals surface area contributed by atoms with Crippen molar-refractivity contribution in [3.63, 3.8) is 0 Å². The van der Waals surface area contributed by atoms with E-state index in [9.17, 15) is 0 Å². The van der Waals surface area contributed by atoms with Crippen LogP contribution in [0.25, 0.3) is 21.6 Å². The summed E-state index contributed by atoms with van der Waals surface area (Å²) in [7, 11) is 0. The summed E-state index contributed by atoms with van der Waals surface area (Å²) < 4.78 is 2.06. The minimum atomic E-state index is 0.305. The van der Waals surface area contributed by atoms with E-state index in [-0.39, 0.29) is 0 Å². The summed E-state index contributed by atoms with van der Waals surface area (Å²) in [5, 5.41) is 2.54. The standard InChI is InChI=1S/C14H11ClIN3S/c1-7(2)12-11(16)13(15)19-14(18-12)8-5-10-9(17-6-8)3-4-20-10/h3-7H,1-2H3. The zero-order valence-corrected chi connectivity index (χ0v) is 14.6. The van der Waals surface area contributed by atoms with Gasteiger partial charge in [-0.2, -0.15) is 0 Å². The van der Waals surface area contributed by atoms with Gasteiger partial charge in [-0.05, 0) is 46.0 Å². The quantitative estimate of drug-likeness (QED) is 0.430. The van der Waals surface area contributed by atoms with Crippen LogP contribution >= 0.6 is 45.5 Å². The Morgan fingerprint density at radius 3 is 2.85 bits per heavy atom. The molecule has 0 aliphatic carbocycles. The molecule has 3 heterocycles. The van der Waals surface area contributed by atoms with E-state index in [1.807, 2.05) is 11.4 Å². The summed E-state index contributed by atoms with van der Waals surface area (Å²) in [5.74, 6) is 0.946. The fraction of sp³-hybridized carbons (Fsp3) is 0.214. The number of fused-ring (bicyclic) bond motifs is 1. The molecule has 20 heavy (non-hydrogen) atoms. The van der Waals surface area contributed by atoms with Crippen LogP contribution in [0.3, 0.4) is 0 Å². The van der Waals surface area contributed by atoms with Crippen molar-refractivity contribution in [2.45, 2.75) is 19.8 Å². The molecule has 0 saturated heterocycles. The van der Waals surface area contributed by atoms with E-state index in [1.54, 1.807) is 17.5 Å². The molecule has 0 N–H and O–H groups in total. The lowest BCUT2D eigenvalue weighted by Gasteiger charge is -2.10. The largest absolute Gasteiger partial charge is 0.255 e. The maximum Gasteiger partial charge on any atom is 0.162 e. The van der Waals surface area contributed by atoms with Crippen LogP contribution in [0.1, 0.15) is 25.5 Å². The average Bonchev–Trinajstić information content (AvgIpc) is 2.88. The molecular weight excluding hydrogens is 405 g/mol. The molecule has 3 rings (SSSR count). The Kier molecular flexibility index (Phi) is 3.92. The summed E-state index contributed by atoms with van der Waals surface area (Å²) in [4.78, 5) is 13.5. The van der Waals surface area contributed by atoms with Crippen LogP contribution in [0.4, 0.5) is 0 Å². The van der Waals surface area contributed by atoms with Crippen molar-refractivity contribution < 1.29 is 0 Å². The lowest BCUT2D eigenvalue weighted by Crippen LogP contribution is -2.02. The van der Waals surface area contributed by atoms with Gasteiger partial charge in [-0.3, -0.25) is 4.98 Å². The number of nitrogens with zero attached hydrogens (tertiary/aromatic N) is 3. The van der Waals surface area contributed by atoms with Gasteiger partial charge >= 0.3 is 0 Å². The maximum absolute atomic E-state index is 6.23. The van der Waals surface area contributed by atoms with Crippen LogP contribution in [0.5, 0.6) is 0 Å². The molecule has 0 amide bonds. The van der Waals surface area contributed by atoms with Crippen LogP contribution in [-0.4, -0.2) is 15.0 Å². The maximum atomic E-state index is 6.23. The molecule has 3 aromatic rings. The van der Waals surface area contributed by atoms with Gasteiger partial charge in [0.2, 0.25) is 0 Å². The predicted molar refractivity (Wildman–Crippen MR) is 92.5 cm³/mol. The minimum absolute atomic E-state index is 0.305. The van der Waals surface area contributed by atoms with Gasteiger partial charge in [0.1, 0.15) is 5.15 Å². The Balaban J connectivity index is 2.18. The van der Waals surface area contributed by atoms with Crippen molar-refractivity contribution in [3.8, 4) is 11.4 Å². The number of thiophene rings is 1. The molecule has 0 fully saturated rings. The van der Waals surface area contributed by atoms with Gasteiger partial charge < -0.3 is 0 Å². The Labute approximate surface area is 139 Å². The Morgan fingerprint density at radius 1 is 1.30 bits per heavy atom. The summed E-state index contributed by atoms with van der Waals surface area (Å²) in [6, 6.07) is 4.07. The highest BCUT2D eigenvalue weighted by molar-refractivity contribution is 14.1. The van der Waals surface area contributed by atoms with Crippen molar-refractivity contribution in [2.24, 2.45) is 0 Å². The molecular formula is C14H11ClIN3S. The number of hydrogen-bond donors (Lipinski definition) is 0. The molecule has 0 bridgehead atoms. The monoisotopic (exact) mass is 415 g/mol. The van der Waals surface area contributed by atoms with E-state index in [4.69, 9.17) is 11.6 Å². The molecule has 0 aromatic carbocycles. The van der Waals surface area contributed by atoms with E-state index in [0.717, 1.165) is 25.0 Å². The summed E-state index contributed by atoms with van der Waals surface area (Å²) in [6.45, 7) is 4.20. The fourth-order valence-electron chi connectivity index (χ4n) is 1.92. The first-order valence-electron chi connectivity index (χ1n) is 6.13. The molecule has 0 aliphatic rings. The van der Waals surface area contributed by atoms with E-state index in [1.165, 1.54) is 0 Å². The highest BCUT2D eigenvalue weighted by Gasteiger charge is 2.15. The van der Waals surface area contributed by atoms with Crippen LogP contribution in [0, 0.1) is 3.57 Å². The van der Waals surface area contributed by atoms with Gasteiger partial charge in [0.15, 0.2) is 5.82 Å². The van der Waals surface area contributed by atoms with Crippen LogP contribution < -0.4 is 0 Å². The normalized spacial score (nSPS) is 11.4. The van der Waals surface area contributed by atoms with Crippen molar-refractivity contribution >= 4 is 55.7 Å². The zero-order valence-electron chi connectivity index (χ0n) is 10.9. The molecule has 3 aromatic heterocycles. The lowest BCUT2D eigenvalue weighted by atomic mass is 10.1. The highest BCUT2D eigenvalue weighted by Crippen LogP contribution is 2.29. The topological polar surface area (TPSA) is 38.7 Å². The van der Waals surface area contributed by atoms with Gasteiger partial charge in [-0.15, -0.1) is 11.3 Å². The number of aromatic nitrogens is 3. The number of halogens is 2. The number of pyridine rings is 1. The molecule has 0 saturated carbocycles. The molecule has 6 heteroatoms. The average molecular weight is 416 g/mol. The first-order valence-corrected chi connectivity index (χ1v) is 8.46. The molecule has 3 nitrogen and oxygen atoms in total. The predicted octanol–water partition coefficient (Wildman–Crippen LogP) is 5.13. The van der Waals surface area contributed by atoms with Gasteiger partial charge in [-0.1, -0.05) is 25.4 Å². The van der Waals surface area contributed by atoms with Crippen molar-refractivity contribution in [1.29, 1.82) is 0 Å². The Bertz CT molecular complexity index is 785. The first-order chi connectivity index (χ1) is 9.56. The number of hydrogen-bond acceptors (Lipinski definition) is 4. The highest BCUT2D eigenvalue weighted by atomic mass is 127. The molecule has 0 aliphatic heterocycles. The van der Waals surface area contributed by atoms with Gasteiger partial charge in [0, 0.05) is 11.8 Å². The molecule has 0 atom stereocenters. The summed E-state index contributed by atoms with van der Waals surface area (Å²) in [5.41, 5.74) is 2.88. The van der Waals surface area contributed by atoms with E-state index in [0.29, 0.717) is 16.9 Å². The van der Waals surface area contributed by atoms with Crippen molar-refractivity contribution in [2.75, 3.05) is 0 Å². The van der Waals surface area contributed by atoms with Crippen molar-refractivity contribution in [1.82, 2.24) is 15.0 Å². The third-order valence-electron chi connectivity index (χ3n) is 2.94. The Hall–Kier alpha value is -0.790. The van der Waals surface area contributed by atoms with Gasteiger partial charge in [-0.25, -0.2) is 9.97 Å². The SMILES string of the molecule is CC(C)c1nc(-c2cnc3ccsc3c2)nc(Cl)c1I. The van der Waals surface area contributed by atoms with E-state index >= 15 is 0 Å². The second kappa shape index (κ2) is 5.54. The van der Waals surface area contributed by atoms with Gasteiger partial charge in [0.25, 0.3) is 0 Å². The first kappa shape index (κ1) is 14.2. The third kappa shape index (κ3) is 2.54. The smallest absolute Gasteiger partial charge is 0.162 e. The third-order valence-corrected chi connectivity index (χ3v) is 5.45. The van der Waals surface area contributed by atoms with Crippen LogP contribution in [0.2, 0.25) is 5.15 Å². The number of rotatable bonds is 2. The fourth-order valence-corrected chi connectivity index (χ4v) is 3.74. The van der Waals surface area contributed by atoms with Gasteiger partial charge in [0.05, 0.1) is 19.5 Å². The molecule has 0 radical (unpaired) electrons. The molecule has 0 unspecified atom stereocenters. The van der Waals surface area contributed by atoms with E-state index in [2.05, 4.69) is 57.5 Å². The Morgan fingerprint density at radius 2 is 2.10 bits per heavy atom. The second-order valence-electron chi connectivity index (χ2n) is 4.72. The van der Waals surface area contributed by atoms with Crippen molar-refractivity contribution in [3.05, 3.63) is 38.1 Å². The lowest BCUT2D eigenvalue weighted by molar-refractivity contribution is 0.808. The molecule has 0 spiro atoms. The summed E-state index contributed by atoms with van der Waals surface area (Å²) in [6.07, 6.45) is 1.80. The van der Waals surface area contributed by atoms with E-state index < -0.39 is 0 Å². The zero-order chi connectivity index (χ0) is 14.3. The second-order valence-corrected chi connectivity index (χ2v) is 7.10.